The number of hydrogen-bond acceptors (Lipinski definition) is 5. The second kappa shape index (κ2) is 6.73. The van der Waals surface area contributed by atoms with Gasteiger partial charge in [-0.1, -0.05) is 6.92 Å². The molecule has 0 aliphatic rings. The molecular weight excluding hydrogens is 360 g/mol. The highest BCUT2D eigenvalue weighted by atomic mass is 79.9. The van der Waals surface area contributed by atoms with Crippen LogP contribution >= 0.6 is 15.9 Å². The molecule has 0 aromatic carbocycles. The van der Waals surface area contributed by atoms with Gasteiger partial charge in [-0.05, 0) is 29.4 Å². The zero-order valence-electron chi connectivity index (χ0n) is 11.7. The molecule has 0 fully saturated rings. The summed E-state index contributed by atoms with van der Waals surface area (Å²) in [4.78, 5) is 7.10. The molecule has 1 unspecified atom stereocenters. The number of imidazole rings is 1. The van der Waals surface area contributed by atoms with Crippen molar-refractivity contribution in [3.05, 3.63) is 34.7 Å². The molecule has 1 atom stereocenters. The summed E-state index contributed by atoms with van der Waals surface area (Å²) in [6.45, 7) is 2.33. The van der Waals surface area contributed by atoms with Gasteiger partial charge in [-0.3, -0.25) is 0 Å². The Morgan fingerprint density at radius 1 is 1.52 bits per heavy atom. The van der Waals surface area contributed by atoms with Crippen molar-refractivity contribution in [2.45, 2.75) is 30.8 Å². The first-order valence-corrected chi connectivity index (χ1v) is 8.70. The third-order valence-electron chi connectivity index (χ3n) is 2.90. The van der Waals surface area contributed by atoms with E-state index in [0.29, 0.717) is 24.6 Å². The molecule has 0 spiro atoms. The molecule has 7 nitrogen and oxygen atoms in total. The van der Waals surface area contributed by atoms with Crippen LogP contribution in [0.15, 0.2) is 32.4 Å². The van der Waals surface area contributed by atoms with Crippen LogP contribution in [0.5, 0.6) is 0 Å². The van der Waals surface area contributed by atoms with Gasteiger partial charge in [-0.2, -0.15) is 0 Å². The smallest absolute Gasteiger partial charge is 0.245 e. The number of hydrogen-bond donors (Lipinski definition) is 3. The lowest BCUT2D eigenvalue weighted by Crippen LogP contribution is -2.29. The average molecular weight is 377 g/mol. The SMILES string of the molecule is CCC(NS(=O)(=O)c1cc(CNC)oc1Br)c1ncc[nH]1. The number of sulfonamides is 1. The number of aromatic amines is 1. The Labute approximate surface area is 131 Å². The van der Waals surface area contributed by atoms with E-state index in [9.17, 15) is 8.42 Å². The quantitative estimate of drug-likeness (QED) is 0.685. The van der Waals surface area contributed by atoms with Crippen molar-refractivity contribution in [1.29, 1.82) is 0 Å². The third-order valence-corrected chi connectivity index (χ3v) is 5.23. The summed E-state index contributed by atoms with van der Waals surface area (Å²) in [6, 6.07) is 1.08. The highest BCUT2D eigenvalue weighted by Crippen LogP contribution is 2.27. The Morgan fingerprint density at radius 2 is 2.29 bits per heavy atom. The highest BCUT2D eigenvalue weighted by Gasteiger charge is 2.26. The molecule has 0 amide bonds. The molecule has 0 saturated heterocycles. The zero-order chi connectivity index (χ0) is 15.5. The fourth-order valence-electron chi connectivity index (χ4n) is 1.89. The number of H-pyrrole nitrogens is 1. The van der Waals surface area contributed by atoms with Gasteiger partial charge in [0.2, 0.25) is 10.0 Å². The van der Waals surface area contributed by atoms with Crippen LogP contribution in [0.3, 0.4) is 0 Å². The molecule has 2 heterocycles. The highest BCUT2D eigenvalue weighted by molar-refractivity contribution is 9.10. The summed E-state index contributed by atoms with van der Waals surface area (Å²) < 4.78 is 33.1. The van der Waals surface area contributed by atoms with Gasteiger partial charge in [-0.25, -0.2) is 18.1 Å². The van der Waals surface area contributed by atoms with E-state index < -0.39 is 16.1 Å². The molecule has 0 saturated carbocycles. The van der Waals surface area contributed by atoms with E-state index >= 15 is 0 Å². The van der Waals surface area contributed by atoms with E-state index in [4.69, 9.17) is 4.42 Å². The predicted octanol–water partition coefficient (Wildman–Crippen LogP) is 1.91. The Morgan fingerprint density at radius 3 is 2.86 bits per heavy atom. The second-order valence-corrected chi connectivity index (χ2v) is 6.84. The number of furan rings is 1. The first-order valence-electron chi connectivity index (χ1n) is 6.42. The van der Waals surface area contributed by atoms with Gasteiger partial charge < -0.3 is 14.7 Å². The van der Waals surface area contributed by atoms with Crippen LogP contribution in [0.4, 0.5) is 0 Å². The minimum Gasteiger partial charge on any atom is -0.452 e. The van der Waals surface area contributed by atoms with E-state index in [1.807, 2.05) is 6.92 Å². The van der Waals surface area contributed by atoms with Crippen molar-refractivity contribution >= 4 is 26.0 Å². The van der Waals surface area contributed by atoms with Gasteiger partial charge in [-0.15, -0.1) is 0 Å². The molecule has 0 bridgehead atoms. The summed E-state index contributed by atoms with van der Waals surface area (Å²) in [6.07, 6.45) is 3.82. The van der Waals surface area contributed by atoms with E-state index in [-0.39, 0.29) is 9.56 Å². The maximum Gasteiger partial charge on any atom is 0.245 e. The molecule has 21 heavy (non-hydrogen) atoms. The summed E-state index contributed by atoms with van der Waals surface area (Å²) >= 11 is 3.15. The maximum absolute atomic E-state index is 12.5. The Hall–Kier alpha value is -1.16. The number of nitrogens with zero attached hydrogens (tertiary/aromatic N) is 1. The van der Waals surface area contributed by atoms with Crippen molar-refractivity contribution in [1.82, 2.24) is 20.0 Å². The van der Waals surface area contributed by atoms with E-state index in [1.54, 1.807) is 19.4 Å². The van der Waals surface area contributed by atoms with Gasteiger partial charge in [0, 0.05) is 18.5 Å². The van der Waals surface area contributed by atoms with Crippen LogP contribution in [-0.4, -0.2) is 25.4 Å². The first-order chi connectivity index (χ1) is 9.97. The second-order valence-electron chi connectivity index (χ2n) is 4.44. The number of halogens is 1. The van der Waals surface area contributed by atoms with Crippen molar-refractivity contribution in [3.63, 3.8) is 0 Å². The van der Waals surface area contributed by atoms with E-state index in [0.717, 1.165) is 0 Å². The monoisotopic (exact) mass is 376 g/mol. The molecule has 9 heteroatoms. The number of rotatable bonds is 7. The molecule has 0 radical (unpaired) electrons. The first kappa shape index (κ1) is 16.2. The van der Waals surface area contributed by atoms with Crippen molar-refractivity contribution in [3.8, 4) is 0 Å². The van der Waals surface area contributed by atoms with Crippen molar-refractivity contribution in [2.24, 2.45) is 0 Å². The van der Waals surface area contributed by atoms with Gasteiger partial charge in [0.1, 0.15) is 16.5 Å². The van der Waals surface area contributed by atoms with Gasteiger partial charge >= 0.3 is 0 Å². The van der Waals surface area contributed by atoms with Crippen LogP contribution in [0.2, 0.25) is 0 Å². The Bertz CT molecular complexity index is 681. The summed E-state index contributed by atoms with van der Waals surface area (Å²) in [5.41, 5.74) is 0. The minimum absolute atomic E-state index is 0.0813. The van der Waals surface area contributed by atoms with Crippen LogP contribution in [0.1, 0.15) is 31.0 Å². The lowest BCUT2D eigenvalue weighted by molar-refractivity contribution is 0.469. The van der Waals surface area contributed by atoms with Gasteiger partial charge in [0.25, 0.3) is 0 Å². The van der Waals surface area contributed by atoms with E-state index in [2.05, 4.69) is 35.9 Å². The third kappa shape index (κ3) is 3.73. The van der Waals surface area contributed by atoms with Crippen molar-refractivity contribution < 1.29 is 12.8 Å². The van der Waals surface area contributed by atoms with Crippen LogP contribution in [0.25, 0.3) is 0 Å². The molecule has 3 N–H and O–H groups in total. The van der Waals surface area contributed by atoms with Gasteiger partial charge in [0.05, 0.1) is 12.6 Å². The fraction of sp³-hybridized carbons (Fsp3) is 0.417. The standard InChI is InChI=1S/C12H17BrN4O3S/c1-3-9(12-15-4-5-16-12)17-21(18,19)10-6-8(7-14-2)20-11(10)13/h4-6,9,14,17H,3,7H2,1-2H3,(H,15,16). The molecule has 116 valence electrons. The number of aromatic nitrogens is 2. The largest absolute Gasteiger partial charge is 0.452 e. The average Bonchev–Trinajstić information content (AvgIpc) is 3.06. The predicted molar refractivity (Wildman–Crippen MR) is 81.1 cm³/mol. The molecule has 0 aliphatic heterocycles. The number of nitrogens with one attached hydrogen (secondary N) is 3. The summed E-state index contributed by atoms with van der Waals surface area (Å²) in [5.74, 6) is 1.12. The fourth-order valence-corrected chi connectivity index (χ4v) is 4.17. The maximum atomic E-state index is 12.5. The lowest BCUT2D eigenvalue weighted by atomic mass is 10.2. The van der Waals surface area contributed by atoms with Crippen LogP contribution in [-0.2, 0) is 16.6 Å². The topological polar surface area (TPSA) is 100 Å². The van der Waals surface area contributed by atoms with Crippen molar-refractivity contribution in [2.75, 3.05) is 7.05 Å². The molecule has 2 rings (SSSR count). The molecule has 2 aromatic heterocycles. The molecule has 0 aliphatic carbocycles. The summed E-state index contributed by atoms with van der Waals surface area (Å²) in [5, 5.41) is 2.91. The lowest BCUT2D eigenvalue weighted by Gasteiger charge is -2.14. The normalized spacial score (nSPS) is 13.5. The van der Waals surface area contributed by atoms with Crippen LogP contribution < -0.4 is 10.0 Å². The molecular formula is C12H17BrN4O3S. The Balaban J connectivity index is 2.25. The zero-order valence-corrected chi connectivity index (χ0v) is 14.1. The summed E-state index contributed by atoms with van der Waals surface area (Å²) in [7, 11) is -1.95. The van der Waals surface area contributed by atoms with Crippen LogP contribution in [0, 0.1) is 0 Å². The van der Waals surface area contributed by atoms with E-state index in [1.165, 1.54) is 6.07 Å². The minimum atomic E-state index is -3.70. The Kier molecular flexibility index (Phi) is 5.20. The molecule has 2 aromatic rings. The van der Waals surface area contributed by atoms with Gasteiger partial charge in [0.15, 0.2) is 4.67 Å².